The zero-order valence-corrected chi connectivity index (χ0v) is 12.6. The number of piperazine rings is 1. The molecule has 1 aromatic heterocycles. The summed E-state index contributed by atoms with van der Waals surface area (Å²) in [6, 6.07) is 0. The van der Waals surface area contributed by atoms with Crippen LogP contribution in [0, 0.1) is 0 Å². The number of nitrogens with zero attached hydrogens (tertiary/aromatic N) is 3. The van der Waals surface area contributed by atoms with Crippen LogP contribution in [-0.4, -0.2) is 54.7 Å². The van der Waals surface area contributed by atoms with Gasteiger partial charge >= 0.3 is 0 Å². The molecule has 1 aromatic rings. The maximum absolute atomic E-state index is 4.41. The van der Waals surface area contributed by atoms with E-state index in [0.717, 1.165) is 26.2 Å². The van der Waals surface area contributed by atoms with Crippen LogP contribution in [-0.2, 0) is 0 Å². The fraction of sp³-hybridized carbons (Fsp3) is 0.786. The van der Waals surface area contributed by atoms with E-state index in [-0.39, 0.29) is 0 Å². The van der Waals surface area contributed by atoms with Gasteiger partial charge in [-0.3, -0.25) is 4.90 Å². The Morgan fingerprint density at radius 2 is 2.16 bits per heavy atom. The highest BCUT2D eigenvalue weighted by molar-refractivity contribution is 7.13. The number of thiazole rings is 1. The third kappa shape index (κ3) is 3.27. The quantitative estimate of drug-likeness (QED) is 0.915. The van der Waals surface area contributed by atoms with Gasteiger partial charge in [-0.25, -0.2) is 4.98 Å². The normalized spacial score (nSPS) is 29.6. The molecule has 0 aromatic carbocycles. The maximum atomic E-state index is 4.41. The standard InChI is InChI=1S/C14H24N4S/c1-14(4-2-3-5-16-14)12-17-7-9-18(10-8-17)13-15-6-11-19-13/h6,11,16H,2-5,7-10,12H2,1H3. The molecule has 0 spiro atoms. The largest absolute Gasteiger partial charge is 0.346 e. The van der Waals surface area contributed by atoms with Gasteiger partial charge in [0.1, 0.15) is 0 Å². The highest BCUT2D eigenvalue weighted by atomic mass is 32.1. The van der Waals surface area contributed by atoms with Crippen molar-refractivity contribution in [2.75, 3.05) is 44.2 Å². The lowest BCUT2D eigenvalue weighted by molar-refractivity contribution is 0.157. The Morgan fingerprint density at radius 1 is 1.32 bits per heavy atom. The summed E-state index contributed by atoms with van der Waals surface area (Å²) in [5.41, 5.74) is 0.335. The lowest BCUT2D eigenvalue weighted by atomic mass is 9.90. The third-order valence-electron chi connectivity index (χ3n) is 4.34. The second-order valence-corrected chi connectivity index (χ2v) is 6.90. The molecule has 0 radical (unpaired) electrons. The molecule has 2 saturated heterocycles. The van der Waals surface area contributed by atoms with Gasteiger partial charge < -0.3 is 10.2 Å². The van der Waals surface area contributed by atoms with E-state index in [2.05, 4.69) is 32.4 Å². The Morgan fingerprint density at radius 3 is 2.79 bits per heavy atom. The van der Waals surface area contributed by atoms with Crippen LogP contribution in [0.1, 0.15) is 26.2 Å². The second kappa shape index (κ2) is 5.77. The molecule has 1 atom stereocenters. The van der Waals surface area contributed by atoms with Gasteiger partial charge in [-0.15, -0.1) is 11.3 Å². The number of hydrogen-bond donors (Lipinski definition) is 1. The van der Waals surface area contributed by atoms with Crippen molar-refractivity contribution < 1.29 is 0 Å². The molecule has 2 aliphatic heterocycles. The minimum Gasteiger partial charge on any atom is -0.346 e. The first-order valence-electron chi connectivity index (χ1n) is 7.37. The Labute approximate surface area is 119 Å². The van der Waals surface area contributed by atoms with Crippen LogP contribution in [0.25, 0.3) is 0 Å². The SMILES string of the molecule is CC1(CN2CCN(c3nccs3)CC2)CCCCN1. The molecule has 19 heavy (non-hydrogen) atoms. The predicted octanol–water partition coefficient (Wildman–Crippen LogP) is 1.80. The predicted molar refractivity (Wildman–Crippen MR) is 81.0 cm³/mol. The second-order valence-electron chi connectivity index (χ2n) is 6.02. The van der Waals surface area contributed by atoms with Gasteiger partial charge in [0.05, 0.1) is 0 Å². The molecule has 1 unspecified atom stereocenters. The zero-order chi connectivity index (χ0) is 13.1. The van der Waals surface area contributed by atoms with Crippen molar-refractivity contribution in [2.45, 2.75) is 31.7 Å². The number of nitrogens with one attached hydrogen (secondary N) is 1. The average Bonchev–Trinajstić information content (AvgIpc) is 2.94. The number of piperidine rings is 1. The van der Waals surface area contributed by atoms with Crippen molar-refractivity contribution in [3.63, 3.8) is 0 Å². The van der Waals surface area contributed by atoms with Gasteiger partial charge in [0.2, 0.25) is 0 Å². The lowest BCUT2D eigenvalue weighted by Gasteiger charge is -2.42. The van der Waals surface area contributed by atoms with Crippen molar-refractivity contribution in [1.82, 2.24) is 15.2 Å². The molecular formula is C14H24N4S. The van der Waals surface area contributed by atoms with E-state index in [1.165, 1.54) is 37.5 Å². The van der Waals surface area contributed by atoms with E-state index in [4.69, 9.17) is 0 Å². The maximum Gasteiger partial charge on any atom is 0.185 e. The van der Waals surface area contributed by atoms with Gasteiger partial charge in [0, 0.05) is 49.8 Å². The van der Waals surface area contributed by atoms with E-state index in [0.29, 0.717) is 5.54 Å². The monoisotopic (exact) mass is 280 g/mol. The number of aromatic nitrogens is 1. The molecule has 106 valence electrons. The average molecular weight is 280 g/mol. The van der Waals surface area contributed by atoms with E-state index in [1.54, 1.807) is 11.3 Å². The molecular weight excluding hydrogens is 256 g/mol. The summed E-state index contributed by atoms with van der Waals surface area (Å²) in [7, 11) is 0. The Bertz CT molecular complexity index is 378. The van der Waals surface area contributed by atoms with Crippen LogP contribution in [0.15, 0.2) is 11.6 Å². The first-order chi connectivity index (χ1) is 9.25. The Hall–Kier alpha value is -0.650. The van der Waals surface area contributed by atoms with Crippen molar-refractivity contribution in [2.24, 2.45) is 0 Å². The molecule has 0 saturated carbocycles. The van der Waals surface area contributed by atoms with Crippen molar-refractivity contribution in [3.05, 3.63) is 11.6 Å². The molecule has 5 heteroatoms. The highest BCUT2D eigenvalue weighted by Gasteiger charge is 2.30. The smallest absolute Gasteiger partial charge is 0.185 e. The van der Waals surface area contributed by atoms with Crippen LogP contribution >= 0.6 is 11.3 Å². The zero-order valence-electron chi connectivity index (χ0n) is 11.8. The van der Waals surface area contributed by atoms with Gasteiger partial charge in [-0.1, -0.05) is 6.42 Å². The molecule has 2 fully saturated rings. The van der Waals surface area contributed by atoms with Gasteiger partial charge in [0.15, 0.2) is 5.13 Å². The van der Waals surface area contributed by atoms with Crippen molar-refractivity contribution in [3.8, 4) is 0 Å². The molecule has 0 amide bonds. The molecule has 4 nitrogen and oxygen atoms in total. The van der Waals surface area contributed by atoms with Gasteiger partial charge in [-0.2, -0.15) is 0 Å². The molecule has 2 aliphatic rings. The van der Waals surface area contributed by atoms with Crippen LogP contribution in [0.2, 0.25) is 0 Å². The summed E-state index contributed by atoms with van der Waals surface area (Å²) < 4.78 is 0. The van der Waals surface area contributed by atoms with Gasteiger partial charge in [0.25, 0.3) is 0 Å². The van der Waals surface area contributed by atoms with Crippen LogP contribution in [0.3, 0.4) is 0 Å². The molecule has 3 heterocycles. The first kappa shape index (κ1) is 13.3. The fourth-order valence-corrected chi connectivity index (χ4v) is 3.91. The molecule has 1 N–H and O–H groups in total. The molecule has 3 rings (SSSR count). The summed E-state index contributed by atoms with van der Waals surface area (Å²) >= 11 is 1.75. The summed E-state index contributed by atoms with van der Waals surface area (Å²) in [5, 5.41) is 6.96. The number of hydrogen-bond acceptors (Lipinski definition) is 5. The topological polar surface area (TPSA) is 31.4 Å². The third-order valence-corrected chi connectivity index (χ3v) is 5.17. The number of anilines is 1. The first-order valence-corrected chi connectivity index (χ1v) is 8.25. The van der Waals surface area contributed by atoms with E-state index in [9.17, 15) is 0 Å². The fourth-order valence-electron chi connectivity index (χ4n) is 3.22. The van der Waals surface area contributed by atoms with E-state index >= 15 is 0 Å². The van der Waals surface area contributed by atoms with Crippen molar-refractivity contribution in [1.29, 1.82) is 0 Å². The summed E-state index contributed by atoms with van der Waals surface area (Å²) in [6.45, 7) is 9.33. The highest BCUT2D eigenvalue weighted by Crippen LogP contribution is 2.22. The summed E-state index contributed by atoms with van der Waals surface area (Å²) in [5.74, 6) is 0. The van der Waals surface area contributed by atoms with Crippen LogP contribution < -0.4 is 10.2 Å². The lowest BCUT2D eigenvalue weighted by Crippen LogP contribution is -2.57. The minimum atomic E-state index is 0.335. The minimum absolute atomic E-state index is 0.335. The van der Waals surface area contributed by atoms with Crippen molar-refractivity contribution >= 4 is 16.5 Å². The van der Waals surface area contributed by atoms with E-state index in [1.807, 2.05) is 6.20 Å². The van der Waals surface area contributed by atoms with Crippen LogP contribution in [0.5, 0.6) is 0 Å². The Kier molecular flexibility index (Phi) is 4.05. The Balaban J connectivity index is 1.50. The summed E-state index contributed by atoms with van der Waals surface area (Å²) in [4.78, 5) is 9.44. The van der Waals surface area contributed by atoms with Gasteiger partial charge in [-0.05, 0) is 26.3 Å². The summed E-state index contributed by atoms with van der Waals surface area (Å²) in [6.07, 6.45) is 5.94. The molecule has 0 bridgehead atoms. The molecule has 0 aliphatic carbocycles. The van der Waals surface area contributed by atoms with Crippen LogP contribution in [0.4, 0.5) is 5.13 Å². The number of rotatable bonds is 3. The van der Waals surface area contributed by atoms with E-state index < -0.39 is 0 Å².